The van der Waals surface area contributed by atoms with E-state index in [1.54, 1.807) is 0 Å². The maximum absolute atomic E-state index is 5.59. The summed E-state index contributed by atoms with van der Waals surface area (Å²) in [6, 6.07) is 0.488. The first-order chi connectivity index (χ1) is 6.20. The Bertz CT molecular complexity index is 161. The molecule has 13 heavy (non-hydrogen) atoms. The second-order valence-electron chi connectivity index (χ2n) is 4.00. The lowest BCUT2D eigenvalue weighted by Gasteiger charge is -2.19. The molecule has 0 bridgehead atoms. The first kappa shape index (κ1) is 10.7. The Morgan fingerprint density at radius 3 is 3.00 bits per heavy atom. The third-order valence-electron chi connectivity index (χ3n) is 2.54. The maximum Gasteiger partial charge on any atom is 0.0726 e. The highest BCUT2D eigenvalue weighted by Gasteiger charge is 2.21. The van der Waals surface area contributed by atoms with Crippen molar-refractivity contribution in [3.63, 3.8) is 0 Å². The normalized spacial score (nSPS) is 24.6. The smallest absolute Gasteiger partial charge is 0.0726 e. The molecule has 1 aliphatic rings. The van der Waals surface area contributed by atoms with E-state index in [9.17, 15) is 0 Å². The molecule has 0 spiro atoms. The molecule has 2 heteroatoms. The van der Waals surface area contributed by atoms with Gasteiger partial charge in [0.05, 0.1) is 6.10 Å². The molecule has 0 aliphatic carbocycles. The van der Waals surface area contributed by atoms with E-state index in [2.05, 4.69) is 25.7 Å². The zero-order valence-electron chi connectivity index (χ0n) is 8.81. The number of hydrogen-bond acceptors (Lipinski definition) is 2. The molecule has 1 rings (SSSR count). The van der Waals surface area contributed by atoms with Crippen LogP contribution in [0, 0.1) is 0 Å². The van der Waals surface area contributed by atoms with Gasteiger partial charge in [0, 0.05) is 12.6 Å². The average molecular weight is 183 g/mol. The number of rotatable bonds is 5. The molecule has 0 aromatic heterocycles. The third-order valence-corrected chi connectivity index (χ3v) is 2.54. The van der Waals surface area contributed by atoms with E-state index in [0.29, 0.717) is 12.1 Å². The summed E-state index contributed by atoms with van der Waals surface area (Å²) in [5.41, 5.74) is 1.24. The minimum atomic E-state index is 0.435. The maximum atomic E-state index is 5.59. The Balaban J connectivity index is 2.09. The van der Waals surface area contributed by atoms with Crippen LogP contribution in [0.4, 0.5) is 0 Å². The monoisotopic (exact) mass is 183 g/mol. The number of ether oxygens (including phenoxy) is 1. The van der Waals surface area contributed by atoms with Crippen LogP contribution in [0.15, 0.2) is 12.2 Å². The van der Waals surface area contributed by atoms with Crippen molar-refractivity contribution in [2.45, 2.75) is 45.3 Å². The highest BCUT2D eigenvalue weighted by atomic mass is 16.5. The lowest BCUT2D eigenvalue weighted by molar-refractivity contribution is 0.0839. The van der Waals surface area contributed by atoms with E-state index in [0.717, 1.165) is 19.6 Å². The molecule has 1 saturated heterocycles. The van der Waals surface area contributed by atoms with Crippen LogP contribution in [-0.4, -0.2) is 25.3 Å². The SMILES string of the molecule is C=C(C)CCNC(C)C1CCCO1. The zero-order chi connectivity index (χ0) is 9.68. The van der Waals surface area contributed by atoms with Crippen molar-refractivity contribution in [2.75, 3.05) is 13.2 Å². The minimum Gasteiger partial charge on any atom is -0.377 e. The van der Waals surface area contributed by atoms with Gasteiger partial charge in [-0.2, -0.15) is 0 Å². The van der Waals surface area contributed by atoms with Crippen LogP contribution in [0.3, 0.4) is 0 Å². The van der Waals surface area contributed by atoms with Crippen LogP contribution in [0.25, 0.3) is 0 Å². The summed E-state index contributed by atoms with van der Waals surface area (Å²) in [5, 5.41) is 3.47. The molecule has 0 radical (unpaired) electrons. The van der Waals surface area contributed by atoms with Crippen LogP contribution >= 0.6 is 0 Å². The summed E-state index contributed by atoms with van der Waals surface area (Å²) < 4.78 is 5.59. The first-order valence-electron chi connectivity index (χ1n) is 5.19. The molecular formula is C11H21NO. The lowest BCUT2D eigenvalue weighted by Crippen LogP contribution is -2.37. The summed E-state index contributed by atoms with van der Waals surface area (Å²) in [6.07, 6.45) is 3.93. The van der Waals surface area contributed by atoms with Crippen molar-refractivity contribution >= 4 is 0 Å². The van der Waals surface area contributed by atoms with Gasteiger partial charge in [0.2, 0.25) is 0 Å². The van der Waals surface area contributed by atoms with Crippen LogP contribution in [0.1, 0.15) is 33.1 Å². The summed E-state index contributed by atoms with van der Waals surface area (Å²) in [5.74, 6) is 0. The van der Waals surface area contributed by atoms with Crippen molar-refractivity contribution < 1.29 is 4.74 Å². The van der Waals surface area contributed by atoms with Crippen molar-refractivity contribution in [1.82, 2.24) is 5.32 Å². The fourth-order valence-corrected chi connectivity index (χ4v) is 1.64. The molecule has 2 atom stereocenters. The zero-order valence-corrected chi connectivity index (χ0v) is 8.81. The van der Waals surface area contributed by atoms with E-state index < -0.39 is 0 Å². The van der Waals surface area contributed by atoms with Gasteiger partial charge in [-0.1, -0.05) is 5.57 Å². The molecule has 0 aromatic rings. The molecule has 0 saturated carbocycles. The lowest BCUT2D eigenvalue weighted by atomic mass is 10.1. The minimum absolute atomic E-state index is 0.435. The van der Waals surface area contributed by atoms with E-state index >= 15 is 0 Å². The average Bonchev–Trinajstić information content (AvgIpc) is 2.55. The molecule has 1 aliphatic heterocycles. The topological polar surface area (TPSA) is 21.3 Å². The molecule has 1 heterocycles. The van der Waals surface area contributed by atoms with Crippen molar-refractivity contribution in [2.24, 2.45) is 0 Å². The van der Waals surface area contributed by atoms with E-state index in [4.69, 9.17) is 4.74 Å². The Labute approximate surface area is 81.4 Å². The van der Waals surface area contributed by atoms with Gasteiger partial charge in [0.25, 0.3) is 0 Å². The first-order valence-corrected chi connectivity index (χ1v) is 5.19. The van der Waals surface area contributed by atoms with Gasteiger partial charge in [-0.15, -0.1) is 6.58 Å². The largest absolute Gasteiger partial charge is 0.377 e. The van der Waals surface area contributed by atoms with Crippen molar-refractivity contribution in [1.29, 1.82) is 0 Å². The van der Waals surface area contributed by atoms with Crippen LogP contribution in [-0.2, 0) is 4.74 Å². The molecule has 76 valence electrons. The molecule has 2 unspecified atom stereocenters. The van der Waals surface area contributed by atoms with Crippen LogP contribution < -0.4 is 5.32 Å². The highest BCUT2D eigenvalue weighted by Crippen LogP contribution is 2.15. The Kier molecular flexibility index (Phi) is 4.46. The van der Waals surface area contributed by atoms with Gasteiger partial charge >= 0.3 is 0 Å². The van der Waals surface area contributed by atoms with Gasteiger partial charge in [-0.05, 0) is 39.7 Å². The van der Waals surface area contributed by atoms with Gasteiger partial charge in [0.15, 0.2) is 0 Å². The summed E-state index contributed by atoms with van der Waals surface area (Å²) in [4.78, 5) is 0. The van der Waals surface area contributed by atoms with Gasteiger partial charge < -0.3 is 10.1 Å². The second-order valence-corrected chi connectivity index (χ2v) is 4.00. The van der Waals surface area contributed by atoms with E-state index in [1.165, 1.54) is 18.4 Å². The molecule has 0 amide bonds. The molecule has 0 aromatic carbocycles. The molecule has 1 fully saturated rings. The Morgan fingerprint density at radius 1 is 1.69 bits per heavy atom. The standard InChI is InChI=1S/C11H21NO/c1-9(2)6-7-12-10(3)11-5-4-8-13-11/h10-12H,1,4-8H2,2-3H3. The van der Waals surface area contributed by atoms with Gasteiger partial charge in [-0.25, -0.2) is 0 Å². The molecule has 2 nitrogen and oxygen atoms in total. The molecule has 1 N–H and O–H groups in total. The fourth-order valence-electron chi connectivity index (χ4n) is 1.64. The van der Waals surface area contributed by atoms with E-state index in [-0.39, 0.29) is 0 Å². The third kappa shape index (κ3) is 3.92. The van der Waals surface area contributed by atoms with Crippen molar-refractivity contribution in [3.05, 3.63) is 12.2 Å². The summed E-state index contributed by atoms with van der Waals surface area (Å²) in [7, 11) is 0. The highest BCUT2D eigenvalue weighted by molar-refractivity contribution is 4.89. The van der Waals surface area contributed by atoms with Gasteiger partial charge in [0.1, 0.15) is 0 Å². The van der Waals surface area contributed by atoms with Gasteiger partial charge in [-0.3, -0.25) is 0 Å². The number of hydrogen-bond donors (Lipinski definition) is 1. The molecular weight excluding hydrogens is 162 g/mol. The predicted molar refractivity (Wildman–Crippen MR) is 55.9 cm³/mol. The van der Waals surface area contributed by atoms with Crippen LogP contribution in [0.5, 0.6) is 0 Å². The second kappa shape index (κ2) is 5.40. The predicted octanol–water partition coefficient (Wildman–Crippen LogP) is 2.11. The quantitative estimate of drug-likeness (QED) is 0.659. The van der Waals surface area contributed by atoms with E-state index in [1.807, 2.05) is 0 Å². The summed E-state index contributed by atoms with van der Waals surface area (Å²) >= 11 is 0. The summed E-state index contributed by atoms with van der Waals surface area (Å²) in [6.45, 7) is 10.1. The van der Waals surface area contributed by atoms with Crippen molar-refractivity contribution in [3.8, 4) is 0 Å². The van der Waals surface area contributed by atoms with Crippen LogP contribution in [0.2, 0.25) is 0 Å². The fraction of sp³-hybridized carbons (Fsp3) is 0.818. The Morgan fingerprint density at radius 2 is 2.46 bits per heavy atom. The number of nitrogens with one attached hydrogen (secondary N) is 1. The Hall–Kier alpha value is -0.340.